The zero-order valence-corrected chi connectivity index (χ0v) is 11.4. The number of carbonyl (C=O) groups is 2. The summed E-state index contributed by atoms with van der Waals surface area (Å²) < 4.78 is 0. The van der Waals surface area contributed by atoms with Crippen LogP contribution in [0.5, 0.6) is 0 Å². The summed E-state index contributed by atoms with van der Waals surface area (Å²) in [5, 5.41) is 11.5. The van der Waals surface area contributed by atoms with Gasteiger partial charge in [-0.25, -0.2) is 4.79 Å². The quantitative estimate of drug-likeness (QED) is 0.788. The molecular formula is C14H13N3O4. The molecule has 3 N–H and O–H groups in total. The minimum atomic E-state index is -1.19. The van der Waals surface area contributed by atoms with Crippen LogP contribution in [0.2, 0.25) is 0 Å². The predicted octanol–water partition coefficient (Wildman–Crippen LogP) is 1.34. The largest absolute Gasteiger partial charge is 0.478 e. The van der Waals surface area contributed by atoms with E-state index in [1.165, 1.54) is 18.5 Å². The minimum Gasteiger partial charge on any atom is -0.478 e. The number of aromatic amines is 1. The smallest absolute Gasteiger partial charge is 0.337 e. The van der Waals surface area contributed by atoms with Crippen molar-refractivity contribution in [3.8, 4) is 0 Å². The van der Waals surface area contributed by atoms with E-state index in [9.17, 15) is 14.4 Å². The Morgan fingerprint density at radius 3 is 2.67 bits per heavy atom. The van der Waals surface area contributed by atoms with Gasteiger partial charge < -0.3 is 15.4 Å². The van der Waals surface area contributed by atoms with Gasteiger partial charge in [-0.2, -0.15) is 0 Å². The molecule has 7 heteroatoms. The number of carboxylic acid groups (broad SMARTS) is 1. The second kappa shape index (κ2) is 5.58. The molecule has 2 aromatic heterocycles. The molecule has 0 unspecified atom stereocenters. The fraction of sp³-hybridized carbons (Fsp3) is 0.143. The summed E-state index contributed by atoms with van der Waals surface area (Å²) in [6, 6.07) is 2.93. The van der Waals surface area contributed by atoms with Gasteiger partial charge in [-0.1, -0.05) is 0 Å². The first-order valence-corrected chi connectivity index (χ1v) is 6.09. The molecule has 0 saturated heterocycles. The van der Waals surface area contributed by atoms with Gasteiger partial charge in [0.2, 0.25) is 0 Å². The van der Waals surface area contributed by atoms with Crippen LogP contribution in [-0.2, 0) is 0 Å². The maximum atomic E-state index is 12.2. The number of anilines is 1. The number of aromatic nitrogens is 2. The Kier molecular flexibility index (Phi) is 3.84. The summed E-state index contributed by atoms with van der Waals surface area (Å²) in [6.45, 7) is 3.35. The van der Waals surface area contributed by atoms with Crippen LogP contribution >= 0.6 is 0 Å². The zero-order chi connectivity index (χ0) is 15.6. The summed E-state index contributed by atoms with van der Waals surface area (Å²) in [6.07, 6.45) is 2.53. The van der Waals surface area contributed by atoms with Crippen molar-refractivity contribution < 1.29 is 14.7 Å². The van der Waals surface area contributed by atoms with Crippen LogP contribution in [0.25, 0.3) is 0 Å². The number of nitrogens with one attached hydrogen (secondary N) is 2. The number of pyridine rings is 2. The second-order valence-corrected chi connectivity index (χ2v) is 4.52. The third-order valence-electron chi connectivity index (χ3n) is 2.89. The first-order chi connectivity index (χ1) is 9.90. The fourth-order valence-corrected chi connectivity index (χ4v) is 2.00. The minimum absolute atomic E-state index is 0.0365. The molecule has 2 rings (SSSR count). The summed E-state index contributed by atoms with van der Waals surface area (Å²) in [5.41, 5.74) is 0.511. The van der Waals surface area contributed by atoms with E-state index in [4.69, 9.17) is 5.11 Å². The Morgan fingerprint density at radius 1 is 1.33 bits per heavy atom. The van der Waals surface area contributed by atoms with Gasteiger partial charge in [0.05, 0.1) is 17.4 Å². The molecule has 0 aromatic carbocycles. The number of carbonyl (C=O) groups excluding carboxylic acids is 1. The van der Waals surface area contributed by atoms with E-state index < -0.39 is 17.4 Å². The number of hydrogen-bond donors (Lipinski definition) is 3. The number of aromatic carboxylic acids is 1. The van der Waals surface area contributed by atoms with Crippen molar-refractivity contribution in [2.24, 2.45) is 0 Å². The number of H-pyrrole nitrogens is 1. The standard InChI is InChI=1S/C14H13N3O4/c1-7-5-8(2)16-12(18)11(7)13(19)17-10-6-15-4-3-9(10)14(20)21/h3-6H,1-2H3,(H,16,18)(H,17,19)(H,20,21). The second-order valence-electron chi connectivity index (χ2n) is 4.52. The molecule has 0 saturated carbocycles. The Morgan fingerprint density at radius 2 is 2.05 bits per heavy atom. The highest BCUT2D eigenvalue weighted by molar-refractivity contribution is 6.08. The number of aryl methyl sites for hydroxylation is 2. The summed E-state index contributed by atoms with van der Waals surface area (Å²) in [4.78, 5) is 41.4. The summed E-state index contributed by atoms with van der Waals surface area (Å²) >= 11 is 0. The molecule has 21 heavy (non-hydrogen) atoms. The molecule has 2 aromatic rings. The van der Waals surface area contributed by atoms with E-state index in [-0.39, 0.29) is 16.8 Å². The monoisotopic (exact) mass is 287 g/mol. The van der Waals surface area contributed by atoms with Gasteiger partial charge in [0.15, 0.2) is 0 Å². The number of hydrogen-bond acceptors (Lipinski definition) is 4. The van der Waals surface area contributed by atoms with E-state index in [0.717, 1.165) is 0 Å². The van der Waals surface area contributed by atoms with Gasteiger partial charge in [0.1, 0.15) is 5.56 Å². The van der Waals surface area contributed by atoms with Crippen molar-refractivity contribution in [3.05, 3.63) is 57.3 Å². The molecule has 0 aliphatic rings. The SMILES string of the molecule is Cc1cc(C)c(C(=O)Nc2cnccc2C(=O)O)c(=O)[nH]1. The fourth-order valence-electron chi connectivity index (χ4n) is 2.00. The zero-order valence-electron chi connectivity index (χ0n) is 11.4. The molecule has 108 valence electrons. The molecule has 2 heterocycles. The van der Waals surface area contributed by atoms with Crippen LogP contribution in [0.4, 0.5) is 5.69 Å². The summed E-state index contributed by atoms with van der Waals surface area (Å²) in [5.74, 6) is -1.87. The molecule has 0 fully saturated rings. The van der Waals surface area contributed by atoms with Crippen molar-refractivity contribution in [2.45, 2.75) is 13.8 Å². The molecule has 0 aliphatic carbocycles. The Labute approximate surface area is 119 Å². The first-order valence-electron chi connectivity index (χ1n) is 6.09. The van der Waals surface area contributed by atoms with Crippen LogP contribution in [0.1, 0.15) is 32.0 Å². The number of rotatable bonds is 3. The average molecular weight is 287 g/mol. The lowest BCUT2D eigenvalue weighted by atomic mass is 10.1. The topological polar surface area (TPSA) is 112 Å². The molecule has 7 nitrogen and oxygen atoms in total. The van der Waals surface area contributed by atoms with Crippen LogP contribution in [0.3, 0.4) is 0 Å². The molecule has 0 spiro atoms. The highest BCUT2D eigenvalue weighted by Crippen LogP contribution is 2.15. The van der Waals surface area contributed by atoms with Crippen molar-refractivity contribution in [3.63, 3.8) is 0 Å². The lowest BCUT2D eigenvalue weighted by Crippen LogP contribution is -2.26. The Bertz CT molecular complexity index is 780. The van der Waals surface area contributed by atoms with Crippen LogP contribution < -0.4 is 10.9 Å². The maximum Gasteiger partial charge on any atom is 0.337 e. The first kappa shape index (κ1) is 14.4. The van der Waals surface area contributed by atoms with Crippen molar-refractivity contribution >= 4 is 17.6 Å². The predicted molar refractivity (Wildman–Crippen MR) is 75.7 cm³/mol. The highest BCUT2D eigenvalue weighted by atomic mass is 16.4. The number of nitrogens with zero attached hydrogens (tertiary/aromatic N) is 1. The van der Waals surface area contributed by atoms with Crippen LogP contribution in [0.15, 0.2) is 29.3 Å². The molecule has 0 bridgehead atoms. The van der Waals surface area contributed by atoms with Gasteiger partial charge in [-0.05, 0) is 31.5 Å². The average Bonchev–Trinajstić information content (AvgIpc) is 2.37. The van der Waals surface area contributed by atoms with Crippen LogP contribution in [0, 0.1) is 13.8 Å². The third kappa shape index (κ3) is 2.97. The van der Waals surface area contributed by atoms with Crippen molar-refractivity contribution in [1.82, 2.24) is 9.97 Å². The summed E-state index contributed by atoms with van der Waals surface area (Å²) in [7, 11) is 0. The highest BCUT2D eigenvalue weighted by Gasteiger charge is 2.17. The van der Waals surface area contributed by atoms with Gasteiger partial charge in [-0.15, -0.1) is 0 Å². The lowest BCUT2D eigenvalue weighted by Gasteiger charge is -2.09. The number of amides is 1. The van der Waals surface area contributed by atoms with Gasteiger partial charge in [0, 0.05) is 11.9 Å². The number of carboxylic acids is 1. The van der Waals surface area contributed by atoms with E-state index in [2.05, 4.69) is 15.3 Å². The van der Waals surface area contributed by atoms with E-state index >= 15 is 0 Å². The molecule has 0 radical (unpaired) electrons. The van der Waals surface area contributed by atoms with Crippen molar-refractivity contribution in [2.75, 3.05) is 5.32 Å². The third-order valence-corrected chi connectivity index (χ3v) is 2.89. The Hall–Kier alpha value is -2.96. The normalized spacial score (nSPS) is 10.2. The maximum absolute atomic E-state index is 12.2. The van der Waals surface area contributed by atoms with E-state index in [1.807, 2.05) is 0 Å². The van der Waals surface area contributed by atoms with Gasteiger partial charge in [-0.3, -0.25) is 14.6 Å². The molecule has 0 aliphatic heterocycles. The van der Waals surface area contributed by atoms with Crippen LogP contribution in [-0.4, -0.2) is 27.0 Å². The van der Waals surface area contributed by atoms with Gasteiger partial charge in [0.25, 0.3) is 11.5 Å². The molecule has 1 amide bonds. The van der Waals surface area contributed by atoms with Gasteiger partial charge >= 0.3 is 5.97 Å². The lowest BCUT2D eigenvalue weighted by molar-refractivity contribution is 0.0698. The van der Waals surface area contributed by atoms with E-state index in [1.54, 1.807) is 19.9 Å². The van der Waals surface area contributed by atoms with Crippen molar-refractivity contribution in [1.29, 1.82) is 0 Å². The molecular weight excluding hydrogens is 274 g/mol. The van der Waals surface area contributed by atoms with E-state index in [0.29, 0.717) is 11.3 Å². The molecule has 0 atom stereocenters. The Balaban J connectivity index is 2.40.